The summed E-state index contributed by atoms with van der Waals surface area (Å²) in [6.45, 7) is 1.97. The molecule has 16 heavy (non-hydrogen) atoms. The van der Waals surface area contributed by atoms with Gasteiger partial charge in [-0.25, -0.2) is 0 Å². The highest BCUT2D eigenvalue weighted by molar-refractivity contribution is 9.07. The van der Waals surface area contributed by atoms with Crippen LogP contribution in [0, 0.1) is 5.41 Å². The number of thioether (sulfide) groups is 1. The Morgan fingerprint density at radius 1 is 1.38 bits per heavy atom. The van der Waals surface area contributed by atoms with Gasteiger partial charge in [0.25, 0.3) is 0 Å². The molecule has 84 valence electrons. The maximum Gasteiger partial charge on any atom is 0.162 e. The summed E-state index contributed by atoms with van der Waals surface area (Å²) >= 11 is 5.21. The molecule has 2 heterocycles. The minimum Gasteiger partial charge on any atom is -0.307 e. The van der Waals surface area contributed by atoms with Gasteiger partial charge in [0.2, 0.25) is 0 Å². The summed E-state index contributed by atoms with van der Waals surface area (Å²) in [6, 6.07) is 0. The van der Waals surface area contributed by atoms with Gasteiger partial charge in [-0.05, 0) is 6.42 Å². The van der Waals surface area contributed by atoms with Gasteiger partial charge in [-0.3, -0.25) is 9.34 Å². The van der Waals surface area contributed by atoms with E-state index in [9.17, 15) is 0 Å². The molecule has 1 fully saturated rings. The van der Waals surface area contributed by atoms with Crippen molar-refractivity contribution in [2.24, 2.45) is 0 Å². The van der Waals surface area contributed by atoms with Crippen molar-refractivity contribution >= 4 is 33.1 Å². The van der Waals surface area contributed by atoms with Gasteiger partial charge in [0.05, 0.1) is 21.4 Å². The van der Waals surface area contributed by atoms with Crippen molar-refractivity contribution in [2.75, 3.05) is 13.1 Å². The SMILES string of the molecule is N=C1SC2C=CC=CC2=C2N(Br)CCCN12. The minimum atomic E-state index is 0.307. The molecule has 0 aromatic carbocycles. The summed E-state index contributed by atoms with van der Waals surface area (Å²) < 4.78 is 2.09. The number of halogens is 1. The molecule has 0 radical (unpaired) electrons. The lowest BCUT2D eigenvalue weighted by Gasteiger charge is -2.42. The normalized spacial score (nSPS) is 28.3. The van der Waals surface area contributed by atoms with Crippen LogP contribution in [0.1, 0.15) is 6.42 Å². The zero-order valence-electron chi connectivity index (χ0n) is 8.69. The lowest BCUT2D eigenvalue weighted by atomic mass is 10.1. The van der Waals surface area contributed by atoms with Crippen LogP contribution in [0.2, 0.25) is 0 Å². The minimum absolute atomic E-state index is 0.307. The Bertz CT molecular complexity index is 427. The van der Waals surface area contributed by atoms with E-state index in [1.54, 1.807) is 11.8 Å². The Labute approximate surface area is 108 Å². The van der Waals surface area contributed by atoms with Crippen molar-refractivity contribution in [3.05, 3.63) is 35.7 Å². The monoisotopic (exact) mass is 297 g/mol. The molecule has 1 N–H and O–H groups in total. The predicted octanol–water partition coefficient (Wildman–Crippen LogP) is 2.69. The number of hydrogen-bond acceptors (Lipinski definition) is 3. The van der Waals surface area contributed by atoms with Crippen LogP contribution in [0.25, 0.3) is 0 Å². The summed E-state index contributed by atoms with van der Waals surface area (Å²) in [5.41, 5.74) is 1.31. The molecule has 3 aliphatic rings. The fourth-order valence-electron chi connectivity index (χ4n) is 2.22. The topological polar surface area (TPSA) is 30.3 Å². The van der Waals surface area contributed by atoms with Crippen LogP contribution in [0.4, 0.5) is 0 Å². The number of rotatable bonds is 0. The first kappa shape index (κ1) is 10.5. The van der Waals surface area contributed by atoms with Crippen molar-refractivity contribution in [3.63, 3.8) is 0 Å². The lowest BCUT2D eigenvalue weighted by molar-refractivity contribution is 0.323. The second kappa shape index (κ2) is 3.96. The molecule has 3 rings (SSSR count). The third-order valence-corrected chi connectivity index (χ3v) is 4.74. The summed E-state index contributed by atoms with van der Waals surface area (Å²) in [5.74, 6) is 1.15. The Morgan fingerprint density at radius 3 is 3.12 bits per heavy atom. The van der Waals surface area contributed by atoms with E-state index >= 15 is 0 Å². The molecule has 1 aliphatic carbocycles. The van der Waals surface area contributed by atoms with Crippen LogP contribution >= 0.6 is 27.9 Å². The zero-order chi connectivity index (χ0) is 11.1. The Balaban J connectivity index is 2.10. The van der Waals surface area contributed by atoms with Crippen LogP contribution in [0.15, 0.2) is 35.7 Å². The van der Waals surface area contributed by atoms with E-state index in [4.69, 9.17) is 5.41 Å². The fourth-order valence-corrected chi connectivity index (χ4v) is 3.89. The number of allylic oxidation sites excluding steroid dienone is 3. The predicted molar refractivity (Wildman–Crippen MR) is 71.4 cm³/mol. The second-order valence-electron chi connectivity index (χ2n) is 3.96. The van der Waals surface area contributed by atoms with Crippen molar-refractivity contribution in [1.29, 1.82) is 5.41 Å². The first-order valence-corrected chi connectivity index (χ1v) is 6.91. The fraction of sp³-hybridized carbons (Fsp3) is 0.364. The molecule has 3 nitrogen and oxygen atoms in total. The molecule has 5 heteroatoms. The number of nitrogens with zero attached hydrogens (tertiary/aromatic N) is 2. The molecule has 0 saturated carbocycles. The van der Waals surface area contributed by atoms with Crippen LogP contribution in [0.3, 0.4) is 0 Å². The van der Waals surface area contributed by atoms with Gasteiger partial charge in [0.1, 0.15) is 5.82 Å². The van der Waals surface area contributed by atoms with E-state index in [1.165, 1.54) is 5.57 Å². The third kappa shape index (κ3) is 1.53. The lowest BCUT2D eigenvalue weighted by Crippen LogP contribution is -2.45. The van der Waals surface area contributed by atoms with Gasteiger partial charge in [-0.1, -0.05) is 36.1 Å². The van der Waals surface area contributed by atoms with Crippen LogP contribution in [-0.2, 0) is 0 Å². The number of fused-ring (bicyclic) bond motifs is 2. The van der Waals surface area contributed by atoms with E-state index in [-0.39, 0.29) is 0 Å². The van der Waals surface area contributed by atoms with E-state index in [0.717, 1.165) is 25.3 Å². The Kier molecular flexibility index (Phi) is 2.59. The number of nitrogens with one attached hydrogen (secondary N) is 1. The Hall–Kier alpha value is -0.680. The van der Waals surface area contributed by atoms with E-state index in [2.05, 4.69) is 49.3 Å². The summed E-state index contributed by atoms with van der Waals surface area (Å²) in [6.07, 6.45) is 9.55. The van der Waals surface area contributed by atoms with Crippen molar-refractivity contribution in [3.8, 4) is 0 Å². The quantitative estimate of drug-likeness (QED) is 0.698. The van der Waals surface area contributed by atoms with Gasteiger partial charge in [-0.15, -0.1) is 0 Å². The highest BCUT2D eigenvalue weighted by Crippen LogP contribution is 2.39. The van der Waals surface area contributed by atoms with E-state index < -0.39 is 0 Å². The van der Waals surface area contributed by atoms with Crippen LogP contribution in [0.5, 0.6) is 0 Å². The molecule has 0 bridgehead atoms. The molecular formula is C11H12BrN3S. The first-order valence-electron chi connectivity index (χ1n) is 5.32. The highest BCUT2D eigenvalue weighted by atomic mass is 79.9. The average Bonchev–Trinajstić information content (AvgIpc) is 2.30. The van der Waals surface area contributed by atoms with Crippen molar-refractivity contribution in [1.82, 2.24) is 8.83 Å². The maximum absolute atomic E-state index is 8.08. The molecule has 0 amide bonds. The molecule has 1 unspecified atom stereocenters. The largest absolute Gasteiger partial charge is 0.307 e. The molecule has 2 aliphatic heterocycles. The molecule has 1 atom stereocenters. The average molecular weight is 298 g/mol. The zero-order valence-corrected chi connectivity index (χ0v) is 11.1. The van der Waals surface area contributed by atoms with E-state index in [1.807, 2.05) is 0 Å². The van der Waals surface area contributed by atoms with Gasteiger partial charge >= 0.3 is 0 Å². The molecule has 1 saturated heterocycles. The Morgan fingerprint density at radius 2 is 2.25 bits per heavy atom. The van der Waals surface area contributed by atoms with Gasteiger partial charge in [0, 0.05) is 18.7 Å². The summed E-state index contributed by atoms with van der Waals surface area (Å²) in [7, 11) is 0. The van der Waals surface area contributed by atoms with Gasteiger partial charge in [-0.2, -0.15) is 0 Å². The molecular weight excluding hydrogens is 286 g/mol. The standard InChI is InChI=1S/C11H12BrN3S/c12-15-7-3-6-14-10(15)8-4-1-2-5-9(8)16-11(14)13/h1-2,4-5,9,13H,3,6-7H2. The summed E-state index contributed by atoms with van der Waals surface area (Å²) in [4.78, 5) is 2.10. The second-order valence-corrected chi connectivity index (χ2v) is 5.94. The molecule has 0 aromatic heterocycles. The van der Waals surface area contributed by atoms with Crippen LogP contribution < -0.4 is 0 Å². The van der Waals surface area contributed by atoms with Gasteiger partial charge in [0.15, 0.2) is 5.17 Å². The van der Waals surface area contributed by atoms with Crippen molar-refractivity contribution < 1.29 is 0 Å². The molecule has 0 spiro atoms. The first-order chi connectivity index (χ1) is 7.77. The smallest absolute Gasteiger partial charge is 0.162 e. The van der Waals surface area contributed by atoms with E-state index in [0.29, 0.717) is 10.4 Å². The maximum atomic E-state index is 8.08. The summed E-state index contributed by atoms with van der Waals surface area (Å²) in [5, 5.41) is 9.04. The number of hydrogen-bond donors (Lipinski definition) is 1. The highest BCUT2D eigenvalue weighted by Gasteiger charge is 2.34. The molecule has 0 aromatic rings. The van der Waals surface area contributed by atoms with Gasteiger partial charge < -0.3 is 4.90 Å². The number of amidine groups is 1. The van der Waals surface area contributed by atoms with Crippen LogP contribution in [-0.4, -0.2) is 32.3 Å². The third-order valence-electron chi connectivity index (χ3n) is 2.94. The van der Waals surface area contributed by atoms with Crippen molar-refractivity contribution in [2.45, 2.75) is 11.7 Å².